The molecule has 0 unspecified atom stereocenters. The Balaban J connectivity index is 1.12. The molecule has 4 aromatic rings. The van der Waals surface area contributed by atoms with Gasteiger partial charge in [0, 0.05) is 55.6 Å². The summed E-state index contributed by atoms with van der Waals surface area (Å²) >= 11 is 0. The summed E-state index contributed by atoms with van der Waals surface area (Å²) in [4.78, 5) is 31.2. The summed E-state index contributed by atoms with van der Waals surface area (Å²) in [6, 6.07) is 4.75. The fourth-order valence-electron chi connectivity index (χ4n) is 5.62. The van der Waals surface area contributed by atoms with Gasteiger partial charge in [0.1, 0.15) is 23.2 Å². The summed E-state index contributed by atoms with van der Waals surface area (Å²) in [6.45, 7) is 1.72. The Bertz CT molecular complexity index is 1610. The number of carbonyl (C=O) groups is 1. The van der Waals surface area contributed by atoms with E-state index in [9.17, 15) is 27.6 Å². The number of nitriles is 1. The number of hydrogen-bond acceptors (Lipinski definition) is 7. The van der Waals surface area contributed by atoms with Crippen molar-refractivity contribution in [1.82, 2.24) is 39.5 Å². The van der Waals surface area contributed by atoms with Gasteiger partial charge in [0.05, 0.1) is 36.1 Å². The molecule has 6 heterocycles. The van der Waals surface area contributed by atoms with Crippen molar-refractivity contribution < 1.29 is 22.4 Å². The molecule has 6 rings (SSSR count). The molecule has 14 heteroatoms. The minimum atomic E-state index is -4.78. The maximum absolute atomic E-state index is 14.2. The topological polar surface area (TPSA) is 120 Å². The Morgan fingerprint density at radius 3 is 2.67 bits per heavy atom. The number of carbonyl (C=O) groups excluding carboxylic acids is 1. The molecular weight excluding hydrogens is 530 g/mol. The number of pyridine rings is 1. The van der Waals surface area contributed by atoms with Gasteiger partial charge in [0.2, 0.25) is 0 Å². The summed E-state index contributed by atoms with van der Waals surface area (Å²) < 4.78 is 55.1. The number of nitrogens with zero attached hydrogens (tertiary/aromatic N) is 8. The molecule has 10 nitrogen and oxygen atoms in total. The lowest BCUT2D eigenvalue weighted by atomic mass is 9.83. The number of H-pyrrole nitrogens is 1. The molecule has 2 aliphatic heterocycles. The van der Waals surface area contributed by atoms with Crippen LogP contribution in [0, 0.1) is 17.1 Å². The molecule has 0 spiro atoms. The first-order chi connectivity index (χ1) is 19.2. The van der Waals surface area contributed by atoms with Gasteiger partial charge in [-0.05, 0) is 25.0 Å². The number of halogens is 4. The Kier molecular flexibility index (Phi) is 6.25. The Morgan fingerprint density at radius 2 is 1.95 bits per heavy atom. The number of alkyl halides is 3. The lowest BCUT2D eigenvalue weighted by Crippen LogP contribution is -2.66. The summed E-state index contributed by atoms with van der Waals surface area (Å²) in [5.41, 5.74) is -0.180. The minimum absolute atomic E-state index is 0.111. The van der Waals surface area contributed by atoms with Crippen LogP contribution in [-0.2, 0) is 11.7 Å². The van der Waals surface area contributed by atoms with Gasteiger partial charge in [-0.15, -0.1) is 0 Å². The average molecular weight is 554 g/mol. The Labute approximate surface area is 225 Å². The van der Waals surface area contributed by atoms with Crippen LogP contribution in [0.15, 0.2) is 43.2 Å². The lowest BCUT2D eigenvalue weighted by Gasteiger charge is -2.53. The second kappa shape index (κ2) is 9.67. The molecule has 2 aliphatic rings. The molecule has 4 aromatic heterocycles. The third-order valence-corrected chi connectivity index (χ3v) is 7.74. The average Bonchev–Trinajstić information content (AvgIpc) is 3.60. The fraction of sp³-hybridized carbons (Fsp3) is 0.385. The van der Waals surface area contributed by atoms with Crippen LogP contribution in [0.5, 0.6) is 0 Å². The second-order valence-corrected chi connectivity index (χ2v) is 10.2. The molecular formula is C26H23F4N9O. The zero-order chi connectivity index (χ0) is 28.1. The predicted molar refractivity (Wildman–Crippen MR) is 133 cm³/mol. The number of aromatic nitrogens is 6. The number of likely N-dealkylation sites (tertiary alicyclic amines) is 2. The van der Waals surface area contributed by atoms with Gasteiger partial charge in [-0.25, -0.2) is 19.3 Å². The van der Waals surface area contributed by atoms with Crippen LogP contribution in [0.1, 0.15) is 35.3 Å². The summed E-state index contributed by atoms with van der Waals surface area (Å²) in [7, 11) is 0. The molecule has 1 amide bonds. The van der Waals surface area contributed by atoms with E-state index in [0.29, 0.717) is 38.2 Å². The van der Waals surface area contributed by atoms with E-state index in [-0.39, 0.29) is 25.6 Å². The quantitative estimate of drug-likeness (QED) is 0.375. The third-order valence-electron chi connectivity index (χ3n) is 7.74. The van der Waals surface area contributed by atoms with Crippen molar-refractivity contribution in [2.24, 2.45) is 0 Å². The smallest absolute Gasteiger partial charge is 0.346 e. The fourth-order valence-corrected chi connectivity index (χ4v) is 5.62. The monoisotopic (exact) mass is 553 g/mol. The van der Waals surface area contributed by atoms with E-state index >= 15 is 0 Å². The molecule has 0 aliphatic carbocycles. The van der Waals surface area contributed by atoms with Crippen molar-refractivity contribution >= 4 is 16.9 Å². The van der Waals surface area contributed by atoms with Crippen LogP contribution in [0.4, 0.5) is 17.6 Å². The van der Waals surface area contributed by atoms with Gasteiger partial charge in [0.15, 0.2) is 5.82 Å². The van der Waals surface area contributed by atoms with Crippen LogP contribution < -0.4 is 0 Å². The normalized spacial score (nSPS) is 18.0. The number of piperidine rings is 1. The minimum Gasteiger partial charge on any atom is -0.346 e. The van der Waals surface area contributed by atoms with Crippen LogP contribution >= 0.6 is 0 Å². The number of hydrogen-bond donors (Lipinski definition) is 1. The third kappa shape index (κ3) is 4.45. The van der Waals surface area contributed by atoms with E-state index in [1.54, 1.807) is 12.4 Å². The predicted octanol–water partition coefficient (Wildman–Crippen LogP) is 3.60. The Morgan fingerprint density at radius 1 is 1.18 bits per heavy atom. The van der Waals surface area contributed by atoms with Gasteiger partial charge < -0.3 is 9.88 Å². The summed E-state index contributed by atoms with van der Waals surface area (Å²) in [5.74, 6) is -1.86. The highest BCUT2D eigenvalue weighted by molar-refractivity contribution is 5.94. The highest BCUT2D eigenvalue weighted by Crippen LogP contribution is 2.37. The highest BCUT2D eigenvalue weighted by atomic mass is 19.4. The number of fused-ring (bicyclic) bond motifs is 1. The molecule has 1 N–H and O–H groups in total. The largest absolute Gasteiger partial charge is 0.433 e. The van der Waals surface area contributed by atoms with Crippen molar-refractivity contribution in [2.75, 3.05) is 26.2 Å². The van der Waals surface area contributed by atoms with E-state index in [2.05, 4.69) is 36.0 Å². The second-order valence-electron chi connectivity index (χ2n) is 10.2. The SMILES string of the molecule is N#CCC1(n2cc(-c3ncnc4[nH]ccc34)cn2)CN(C2CCN(C(=O)c3cc(C(F)(F)F)ncc3F)CC2)C1. The molecule has 0 saturated carbocycles. The first-order valence-corrected chi connectivity index (χ1v) is 12.7. The van der Waals surface area contributed by atoms with Gasteiger partial charge in [-0.2, -0.15) is 23.5 Å². The van der Waals surface area contributed by atoms with Gasteiger partial charge in [-0.3, -0.25) is 14.4 Å². The van der Waals surface area contributed by atoms with Crippen molar-refractivity contribution in [2.45, 2.75) is 37.0 Å². The molecule has 0 aromatic carbocycles. The molecule has 0 bridgehead atoms. The van der Waals surface area contributed by atoms with Gasteiger partial charge in [0.25, 0.3) is 5.91 Å². The summed E-state index contributed by atoms with van der Waals surface area (Å²) in [6.07, 6.45) is 3.96. The van der Waals surface area contributed by atoms with E-state index in [1.165, 1.54) is 11.2 Å². The lowest BCUT2D eigenvalue weighted by molar-refractivity contribution is -0.141. The van der Waals surface area contributed by atoms with Crippen molar-refractivity contribution in [1.29, 1.82) is 5.26 Å². The van der Waals surface area contributed by atoms with E-state index < -0.39 is 34.7 Å². The van der Waals surface area contributed by atoms with Crippen molar-refractivity contribution in [3.05, 3.63) is 60.3 Å². The number of aromatic amines is 1. The maximum Gasteiger partial charge on any atom is 0.433 e. The van der Waals surface area contributed by atoms with Crippen molar-refractivity contribution in [3.8, 4) is 17.3 Å². The first kappa shape index (κ1) is 25.9. The zero-order valence-corrected chi connectivity index (χ0v) is 21.1. The van der Waals surface area contributed by atoms with Gasteiger partial charge >= 0.3 is 6.18 Å². The van der Waals surface area contributed by atoms with Crippen molar-refractivity contribution in [3.63, 3.8) is 0 Å². The van der Waals surface area contributed by atoms with Crippen LogP contribution in [0.3, 0.4) is 0 Å². The standard InChI is InChI=1S/C26H23F4N9O/c27-20-11-33-21(26(28,29)30)9-19(20)24(40)37-7-2-17(3-8-37)38-13-25(14-38,4-5-31)39-12-16(10-36-39)22-18-1-6-32-23(18)35-15-34-22/h1,6,9-12,15,17H,2-4,7-8,13-14H2,(H,32,34,35). The number of rotatable bonds is 5. The molecule has 40 heavy (non-hydrogen) atoms. The van der Waals surface area contributed by atoms with Gasteiger partial charge in [-0.1, -0.05) is 0 Å². The van der Waals surface area contributed by atoms with Crippen LogP contribution in [0.25, 0.3) is 22.3 Å². The highest BCUT2D eigenvalue weighted by Gasteiger charge is 2.48. The van der Waals surface area contributed by atoms with E-state index in [0.717, 1.165) is 22.3 Å². The molecule has 2 fully saturated rings. The van der Waals surface area contributed by atoms with E-state index in [4.69, 9.17) is 0 Å². The maximum atomic E-state index is 14.2. The number of amides is 1. The zero-order valence-electron chi connectivity index (χ0n) is 21.1. The van der Waals surface area contributed by atoms with E-state index in [1.807, 2.05) is 16.9 Å². The molecule has 2 saturated heterocycles. The molecule has 206 valence electrons. The Hall–Kier alpha value is -4.38. The molecule has 0 radical (unpaired) electrons. The van der Waals surface area contributed by atoms with Crippen LogP contribution in [-0.4, -0.2) is 77.6 Å². The van der Waals surface area contributed by atoms with Crippen LogP contribution in [0.2, 0.25) is 0 Å². The molecule has 0 atom stereocenters. The number of nitrogens with one attached hydrogen (secondary N) is 1. The first-order valence-electron chi connectivity index (χ1n) is 12.7. The summed E-state index contributed by atoms with van der Waals surface area (Å²) in [5, 5.41) is 15.0.